The van der Waals surface area contributed by atoms with Gasteiger partial charge in [-0.25, -0.2) is 4.98 Å². The summed E-state index contributed by atoms with van der Waals surface area (Å²) in [5, 5.41) is 20.5. The van der Waals surface area contributed by atoms with Gasteiger partial charge in [-0.05, 0) is 24.6 Å². The van der Waals surface area contributed by atoms with E-state index in [1.54, 1.807) is 17.9 Å². The SMILES string of the molecule is CC(=O)N1CCC(O)(CN2CCN(c3ccc4c(=O)n(CCO)cnc4c3)CC2)C1. The van der Waals surface area contributed by atoms with Crippen molar-refractivity contribution in [3.05, 3.63) is 34.9 Å². The Kier molecular flexibility index (Phi) is 5.77. The standard InChI is InChI=1S/C21H29N5O4/c1-16(28)25-5-4-21(30,14-25)13-23-6-8-24(9-7-23)17-2-3-18-19(12-17)22-15-26(10-11-27)20(18)29/h2-3,12,15,27,30H,4-11,13-14H2,1H3. The van der Waals surface area contributed by atoms with Crippen LogP contribution in [0.25, 0.3) is 10.9 Å². The predicted octanol–water partition coefficient (Wildman–Crippen LogP) is -0.506. The second-order valence-corrected chi connectivity index (χ2v) is 8.35. The van der Waals surface area contributed by atoms with Crippen LogP contribution in [0.3, 0.4) is 0 Å². The summed E-state index contributed by atoms with van der Waals surface area (Å²) in [7, 11) is 0. The van der Waals surface area contributed by atoms with Crippen LogP contribution in [0, 0.1) is 0 Å². The van der Waals surface area contributed by atoms with Crippen molar-refractivity contribution in [2.75, 3.05) is 57.3 Å². The van der Waals surface area contributed by atoms with Gasteiger partial charge < -0.3 is 20.0 Å². The van der Waals surface area contributed by atoms with Crippen LogP contribution in [-0.2, 0) is 11.3 Å². The van der Waals surface area contributed by atoms with Crippen LogP contribution in [0.1, 0.15) is 13.3 Å². The monoisotopic (exact) mass is 415 g/mol. The van der Waals surface area contributed by atoms with Crippen molar-refractivity contribution < 1.29 is 15.0 Å². The number of fused-ring (bicyclic) bond motifs is 1. The van der Waals surface area contributed by atoms with Crippen molar-refractivity contribution in [1.29, 1.82) is 0 Å². The molecule has 1 aromatic heterocycles. The lowest BCUT2D eigenvalue weighted by molar-refractivity contribution is -0.128. The molecule has 1 atom stereocenters. The molecule has 0 bridgehead atoms. The number of hydrogen-bond donors (Lipinski definition) is 2. The van der Waals surface area contributed by atoms with E-state index < -0.39 is 5.60 Å². The Morgan fingerprint density at radius 2 is 1.97 bits per heavy atom. The summed E-state index contributed by atoms with van der Waals surface area (Å²) in [5.41, 5.74) is 0.708. The Balaban J connectivity index is 1.39. The molecule has 0 aliphatic carbocycles. The number of carbonyl (C=O) groups is 1. The van der Waals surface area contributed by atoms with Gasteiger partial charge in [0, 0.05) is 51.9 Å². The molecule has 162 valence electrons. The van der Waals surface area contributed by atoms with Gasteiger partial charge in [-0.2, -0.15) is 0 Å². The van der Waals surface area contributed by atoms with Crippen LogP contribution in [0.15, 0.2) is 29.3 Å². The van der Waals surface area contributed by atoms with E-state index in [9.17, 15) is 14.7 Å². The second kappa shape index (κ2) is 8.33. The molecule has 2 aliphatic heterocycles. The maximum atomic E-state index is 12.5. The molecule has 1 aromatic carbocycles. The molecule has 2 aromatic rings. The zero-order chi connectivity index (χ0) is 21.3. The van der Waals surface area contributed by atoms with Crippen LogP contribution in [0.5, 0.6) is 0 Å². The van der Waals surface area contributed by atoms with E-state index in [-0.39, 0.29) is 24.6 Å². The number of hydrogen-bond acceptors (Lipinski definition) is 7. The zero-order valence-electron chi connectivity index (χ0n) is 17.3. The normalized spacial score (nSPS) is 22.8. The summed E-state index contributed by atoms with van der Waals surface area (Å²) in [5.74, 6) is 0.0174. The van der Waals surface area contributed by atoms with E-state index in [0.717, 1.165) is 31.9 Å². The summed E-state index contributed by atoms with van der Waals surface area (Å²) in [6.45, 7) is 6.58. The molecule has 0 spiro atoms. The fourth-order valence-electron chi connectivity index (χ4n) is 4.45. The molecule has 0 radical (unpaired) electrons. The fourth-order valence-corrected chi connectivity index (χ4v) is 4.45. The van der Waals surface area contributed by atoms with Gasteiger partial charge in [-0.1, -0.05) is 0 Å². The van der Waals surface area contributed by atoms with E-state index >= 15 is 0 Å². The Morgan fingerprint density at radius 3 is 2.63 bits per heavy atom. The molecule has 2 aliphatic rings. The predicted molar refractivity (Wildman–Crippen MR) is 114 cm³/mol. The Bertz CT molecular complexity index is 985. The summed E-state index contributed by atoms with van der Waals surface area (Å²) in [4.78, 5) is 34.6. The molecule has 3 heterocycles. The Hall–Kier alpha value is -2.49. The molecule has 2 saturated heterocycles. The van der Waals surface area contributed by atoms with Crippen LogP contribution in [0.2, 0.25) is 0 Å². The summed E-state index contributed by atoms with van der Waals surface area (Å²) in [6, 6.07) is 5.68. The number of aromatic nitrogens is 2. The van der Waals surface area contributed by atoms with E-state index in [0.29, 0.717) is 37.0 Å². The van der Waals surface area contributed by atoms with Crippen molar-refractivity contribution in [3.63, 3.8) is 0 Å². The molecule has 1 unspecified atom stereocenters. The molecule has 0 saturated carbocycles. The van der Waals surface area contributed by atoms with Crippen molar-refractivity contribution in [3.8, 4) is 0 Å². The number of amides is 1. The molecular formula is C21H29N5O4. The van der Waals surface area contributed by atoms with Gasteiger partial charge in [-0.3, -0.25) is 19.1 Å². The van der Waals surface area contributed by atoms with Gasteiger partial charge in [0.2, 0.25) is 5.91 Å². The number of anilines is 1. The van der Waals surface area contributed by atoms with Crippen LogP contribution in [0.4, 0.5) is 5.69 Å². The average molecular weight is 415 g/mol. The van der Waals surface area contributed by atoms with Gasteiger partial charge in [0.25, 0.3) is 5.56 Å². The van der Waals surface area contributed by atoms with Crippen LogP contribution < -0.4 is 10.5 Å². The minimum atomic E-state index is -0.824. The average Bonchev–Trinajstić information content (AvgIpc) is 3.12. The zero-order valence-corrected chi connectivity index (χ0v) is 17.3. The molecule has 30 heavy (non-hydrogen) atoms. The first kappa shape index (κ1) is 20.8. The molecule has 9 nitrogen and oxygen atoms in total. The van der Waals surface area contributed by atoms with Crippen molar-refractivity contribution in [2.45, 2.75) is 25.5 Å². The first-order valence-corrected chi connectivity index (χ1v) is 10.4. The van der Waals surface area contributed by atoms with Gasteiger partial charge in [0.15, 0.2) is 0 Å². The third kappa shape index (κ3) is 4.19. The van der Waals surface area contributed by atoms with Crippen molar-refractivity contribution in [1.82, 2.24) is 19.4 Å². The summed E-state index contributed by atoms with van der Waals surface area (Å²) >= 11 is 0. The highest BCUT2D eigenvalue weighted by molar-refractivity contribution is 5.81. The van der Waals surface area contributed by atoms with Gasteiger partial charge in [-0.15, -0.1) is 0 Å². The minimum absolute atomic E-state index is 0.0174. The smallest absolute Gasteiger partial charge is 0.261 e. The molecule has 2 N–H and O–H groups in total. The molecule has 2 fully saturated rings. The summed E-state index contributed by atoms with van der Waals surface area (Å²) in [6.07, 6.45) is 2.10. The lowest BCUT2D eigenvalue weighted by Gasteiger charge is -2.39. The van der Waals surface area contributed by atoms with E-state index in [1.807, 2.05) is 12.1 Å². The number of benzene rings is 1. The van der Waals surface area contributed by atoms with Crippen molar-refractivity contribution >= 4 is 22.5 Å². The van der Waals surface area contributed by atoms with Gasteiger partial charge >= 0.3 is 0 Å². The molecule has 4 rings (SSSR count). The second-order valence-electron chi connectivity index (χ2n) is 8.35. The topological polar surface area (TPSA) is 102 Å². The van der Waals surface area contributed by atoms with E-state index in [1.165, 1.54) is 10.9 Å². The third-order valence-electron chi connectivity index (χ3n) is 6.18. The van der Waals surface area contributed by atoms with E-state index in [4.69, 9.17) is 5.11 Å². The highest BCUT2D eigenvalue weighted by atomic mass is 16.3. The van der Waals surface area contributed by atoms with Crippen LogP contribution >= 0.6 is 0 Å². The van der Waals surface area contributed by atoms with Crippen LogP contribution in [-0.4, -0.2) is 93.5 Å². The number of aliphatic hydroxyl groups is 2. The maximum Gasteiger partial charge on any atom is 0.261 e. The first-order chi connectivity index (χ1) is 14.4. The first-order valence-electron chi connectivity index (χ1n) is 10.4. The number of β-amino-alcohol motifs (C(OH)–C–C–N with tert-alkyl or cyclic N) is 1. The van der Waals surface area contributed by atoms with Gasteiger partial charge in [0.1, 0.15) is 0 Å². The fraction of sp³-hybridized carbons (Fsp3) is 0.571. The molecular weight excluding hydrogens is 386 g/mol. The maximum absolute atomic E-state index is 12.5. The largest absolute Gasteiger partial charge is 0.395 e. The number of aliphatic hydroxyl groups excluding tert-OH is 1. The number of carbonyl (C=O) groups excluding carboxylic acids is 1. The number of nitrogens with zero attached hydrogens (tertiary/aromatic N) is 5. The number of rotatable bonds is 5. The third-order valence-corrected chi connectivity index (χ3v) is 6.18. The number of likely N-dealkylation sites (tertiary alicyclic amines) is 1. The van der Waals surface area contributed by atoms with E-state index in [2.05, 4.69) is 14.8 Å². The Labute approximate surface area is 175 Å². The van der Waals surface area contributed by atoms with Gasteiger partial charge in [0.05, 0.1) is 42.5 Å². The Morgan fingerprint density at radius 1 is 1.20 bits per heavy atom. The highest BCUT2D eigenvalue weighted by Crippen LogP contribution is 2.25. The van der Waals surface area contributed by atoms with Crippen molar-refractivity contribution in [2.24, 2.45) is 0 Å². The quantitative estimate of drug-likeness (QED) is 0.678. The highest BCUT2D eigenvalue weighted by Gasteiger charge is 2.39. The molecule has 9 heteroatoms. The number of piperazine rings is 1. The lowest BCUT2D eigenvalue weighted by Crippen LogP contribution is -2.53. The molecule has 1 amide bonds. The lowest BCUT2D eigenvalue weighted by atomic mass is 10.0. The summed E-state index contributed by atoms with van der Waals surface area (Å²) < 4.78 is 1.42. The minimum Gasteiger partial charge on any atom is -0.395 e.